The maximum Gasteiger partial charge on any atom is 0.251 e. The van der Waals surface area contributed by atoms with Gasteiger partial charge in [0.25, 0.3) is 5.91 Å². The van der Waals surface area contributed by atoms with Crippen LogP contribution in [-0.2, 0) is 5.41 Å². The van der Waals surface area contributed by atoms with Crippen molar-refractivity contribution >= 4 is 5.91 Å². The van der Waals surface area contributed by atoms with Crippen molar-refractivity contribution in [2.45, 2.75) is 32.3 Å². The van der Waals surface area contributed by atoms with Gasteiger partial charge in [0, 0.05) is 18.7 Å². The van der Waals surface area contributed by atoms with Crippen LogP contribution in [0.5, 0.6) is 0 Å². The number of nitrogens with one attached hydrogen (secondary N) is 1. The molecule has 4 nitrogen and oxygen atoms in total. The topological polar surface area (TPSA) is 52.6 Å². The lowest BCUT2D eigenvalue weighted by atomic mass is 9.87. The lowest BCUT2D eigenvalue weighted by Crippen LogP contribution is -2.37. The number of carbonyl (C=O) groups is 1. The number of amides is 1. The van der Waals surface area contributed by atoms with Gasteiger partial charge in [0.1, 0.15) is 0 Å². The molecule has 1 rings (SSSR count). The third-order valence-electron chi connectivity index (χ3n) is 3.09. The summed E-state index contributed by atoms with van der Waals surface area (Å²) >= 11 is 0. The molecule has 0 aliphatic rings. The smallest absolute Gasteiger partial charge is 0.251 e. The molecule has 0 fully saturated rings. The van der Waals surface area contributed by atoms with Crippen LogP contribution in [0.15, 0.2) is 24.3 Å². The molecule has 112 valence electrons. The lowest BCUT2D eigenvalue weighted by Gasteiger charge is -2.19. The summed E-state index contributed by atoms with van der Waals surface area (Å²) in [5, 5.41) is 12.5. The van der Waals surface area contributed by atoms with Crippen molar-refractivity contribution < 1.29 is 9.90 Å². The molecule has 0 aromatic heterocycles. The largest absolute Gasteiger partial charge is 0.390 e. The molecule has 0 bridgehead atoms. The second-order valence-corrected chi connectivity index (χ2v) is 6.45. The highest BCUT2D eigenvalue weighted by atomic mass is 16.3. The van der Waals surface area contributed by atoms with E-state index in [2.05, 4.69) is 26.1 Å². The van der Waals surface area contributed by atoms with Gasteiger partial charge in [0.2, 0.25) is 0 Å². The number of carbonyl (C=O) groups excluding carboxylic acids is 1. The third kappa shape index (κ3) is 5.31. The summed E-state index contributed by atoms with van der Waals surface area (Å²) in [4.78, 5) is 13.8. The summed E-state index contributed by atoms with van der Waals surface area (Å²) in [5.41, 5.74) is 1.90. The standard InChI is InChI=1S/C16H26N2O2/c1-16(2,3)13-8-6-12(7-9-13)15(20)17-10-14(19)11-18(4)5/h6-9,14,19H,10-11H2,1-5H3,(H,17,20). The van der Waals surface area contributed by atoms with Crippen molar-refractivity contribution in [1.29, 1.82) is 0 Å². The summed E-state index contributed by atoms with van der Waals surface area (Å²) in [6, 6.07) is 7.61. The fourth-order valence-electron chi connectivity index (χ4n) is 1.92. The molecule has 1 aromatic carbocycles. The van der Waals surface area contributed by atoms with Gasteiger partial charge in [-0.2, -0.15) is 0 Å². The molecule has 0 aliphatic heterocycles. The van der Waals surface area contributed by atoms with E-state index in [4.69, 9.17) is 0 Å². The fraction of sp³-hybridized carbons (Fsp3) is 0.562. The van der Waals surface area contributed by atoms with E-state index in [0.717, 1.165) is 0 Å². The molecule has 0 saturated heterocycles. The molecule has 0 radical (unpaired) electrons. The highest BCUT2D eigenvalue weighted by Crippen LogP contribution is 2.22. The molecule has 1 amide bonds. The summed E-state index contributed by atoms with van der Waals surface area (Å²) in [7, 11) is 3.77. The average Bonchev–Trinajstić information content (AvgIpc) is 2.34. The molecule has 4 heteroatoms. The molecule has 0 heterocycles. The zero-order valence-electron chi connectivity index (χ0n) is 13.1. The van der Waals surface area contributed by atoms with Crippen molar-refractivity contribution in [3.8, 4) is 0 Å². The molecular weight excluding hydrogens is 252 g/mol. The molecule has 1 aromatic rings. The van der Waals surface area contributed by atoms with Gasteiger partial charge in [0.15, 0.2) is 0 Å². The zero-order valence-corrected chi connectivity index (χ0v) is 13.1. The Bertz CT molecular complexity index is 433. The van der Waals surface area contributed by atoms with Gasteiger partial charge < -0.3 is 15.3 Å². The van der Waals surface area contributed by atoms with Gasteiger partial charge in [-0.3, -0.25) is 4.79 Å². The van der Waals surface area contributed by atoms with Gasteiger partial charge in [-0.15, -0.1) is 0 Å². The maximum atomic E-state index is 12.0. The average molecular weight is 278 g/mol. The fourth-order valence-corrected chi connectivity index (χ4v) is 1.92. The summed E-state index contributed by atoms with van der Waals surface area (Å²) in [5.74, 6) is -0.150. The van der Waals surface area contributed by atoms with E-state index in [-0.39, 0.29) is 17.9 Å². The minimum absolute atomic E-state index is 0.0803. The lowest BCUT2D eigenvalue weighted by molar-refractivity contribution is 0.0892. The van der Waals surface area contributed by atoms with Gasteiger partial charge in [0.05, 0.1) is 6.10 Å². The van der Waals surface area contributed by atoms with E-state index in [1.807, 2.05) is 43.3 Å². The van der Waals surface area contributed by atoms with Crippen molar-refractivity contribution in [2.24, 2.45) is 0 Å². The Kier molecular flexibility index (Phi) is 5.72. The van der Waals surface area contributed by atoms with E-state index in [9.17, 15) is 9.90 Å². The number of likely N-dealkylation sites (N-methyl/N-ethyl adjacent to an activating group) is 1. The summed E-state index contributed by atoms with van der Waals surface area (Å²) in [6.45, 7) is 7.21. The molecular formula is C16H26N2O2. The monoisotopic (exact) mass is 278 g/mol. The van der Waals surface area contributed by atoms with E-state index < -0.39 is 6.10 Å². The Labute approximate surface area is 121 Å². The minimum atomic E-state index is -0.553. The van der Waals surface area contributed by atoms with E-state index in [1.54, 1.807) is 0 Å². The Hall–Kier alpha value is -1.39. The quantitative estimate of drug-likeness (QED) is 0.861. The molecule has 0 spiro atoms. The van der Waals surface area contributed by atoms with Crippen LogP contribution in [0.1, 0.15) is 36.7 Å². The second-order valence-electron chi connectivity index (χ2n) is 6.45. The molecule has 1 unspecified atom stereocenters. The van der Waals surface area contributed by atoms with E-state index >= 15 is 0 Å². The second kappa shape index (κ2) is 6.86. The normalized spacial score (nSPS) is 13.3. The third-order valence-corrected chi connectivity index (χ3v) is 3.09. The molecule has 0 saturated carbocycles. The number of aliphatic hydroxyl groups is 1. The zero-order chi connectivity index (χ0) is 15.3. The number of benzene rings is 1. The van der Waals surface area contributed by atoms with Gasteiger partial charge in [-0.05, 0) is 37.2 Å². The van der Waals surface area contributed by atoms with Crippen LogP contribution >= 0.6 is 0 Å². The maximum absolute atomic E-state index is 12.0. The summed E-state index contributed by atoms with van der Waals surface area (Å²) in [6.07, 6.45) is -0.553. The number of hydrogen-bond donors (Lipinski definition) is 2. The number of aliphatic hydroxyl groups excluding tert-OH is 1. The van der Waals surface area contributed by atoms with E-state index in [1.165, 1.54) is 5.56 Å². The van der Waals surface area contributed by atoms with Crippen LogP contribution < -0.4 is 5.32 Å². The van der Waals surface area contributed by atoms with Crippen molar-refractivity contribution in [2.75, 3.05) is 27.2 Å². The Morgan fingerprint density at radius 2 is 1.80 bits per heavy atom. The van der Waals surface area contributed by atoms with Crippen LogP contribution in [-0.4, -0.2) is 49.2 Å². The summed E-state index contributed by atoms with van der Waals surface area (Å²) < 4.78 is 0. The van der Waals surface area contributed by atoms with Gasteiger partial charge >= 0.3 is 0 Å². The Morgan fingerprint density at radius 1 is 1.25 bits per heavy atom. The predicted molar refractivity (Wildman–Crippen MR) is 82.0 cm³/mol. The van der Waals surface area contributed by atoms with Crippen LogP contribution in [0.4, 0.5) is 0 Å². The van der Waals surface area contributed by atoms with E-state index in [0.29, 0.717) is 12.1 Å². The molecule has 0 aliphatic carbocycles. The first-order chi connectivity index (χ1) is 9.20. The molecule has 1 atom stereocenters. The van der Waals surface area contributed by atoms with Crippen molar-refractivity contribution in [3.05, 3.63) is 35.4 Å². The van der Waals surface area contributed by atoms with Crippen LogP contribution in [0, 0.1) is 0 Å². The van der Waals surface area contributed by atoms with Gasteiger partial charge in [-0.25, -0.2) is 0 Å². The highest BCUT2D eigenvalue weighted by Gasteiger charge is 2.14. The first-order valence-corrected chi connectivity index (χ1v) is 6.91. The number of rotatable bonds is 5. The SMILES string of the molecule is CN(C)CC(O)CNC(=O)c1ccc(C(C)(C)C)cc1. The molecule has 2 N–H and O–H groups in total. The Balaban J connectivity index is 2.56. The molecule has 20 heavy (non-hydrogen) atoms. The van der Waals surface area contributed by atoms with Crippen LogP contribution in [0.2, 0.25) is 0 Å². The predicted octanol–water partition coefficient (Wildman–Crippen LogP) is 1.64. The van der Waals surface area contributed by atoms with Crippen molar-refractivity contribution in [3.63, 3.8) is 0 Å². The van der Waals surface area contributed by atoms with Crippen molar-refractivity contribution in [1.82, 2.24) is 10.2 Å². The number of nitrogens with zero attached hydrogens (tertiary/aromatic N) is 1. The van der Waals surface area contributed by atoms with Crippen LogP contribution in [0.3, 0.4) is 0 Å². The first kappa shape index (κ1) is 16.7. The first-order valence-electron chi connectivity index (χ1n) is 6.91. The Morgan fingerprint density at radius 3 is 2.25 bits per heavy atom. The highest BCUT2D eigenvalue weighted by molar-refractivity contribution is 5.94. The minimum Gasteiger partial charge on any atom is -0.390 e. The van der Waals surface area contributed by atoms with Crippen LogP contribution in [0.25, 0.3) is 0 Å². The number of hydrogen-bond acceptors (Lipinski definition) is 3. The van der Waals surface area contributed by atoms with Gasteiger partial charge in [-0.1, -0.05) is 32.9 Å².